The largest absolute Gasteiger partial charge is 0.279 e. The summed E-state index contributed by atoms with van der Waals surface area (Å²) in [5.74, 6) is -1.02. The molecule has 2 amide bonds. The molecular weight excluding hydrogens is 194 g/mol. The van der Waals surface area contributed by atoms with Gasteiger partial charge in [-0.1, -0.05) is 0 Å². The molecule has 1 rings (SSSR count). The second-order valence-electron chi connectivity index (χ2n) is 3.18. The fourth-order valence-corrected chi connectivity index (χ4v) is 1.12. The molecule has 0 atom stereocenters. The minimum Gasteiger partial charge on any atom is -0.279 e. The Kier molecular flexibility index (Phi) is 2.26. The van der Waals surface area contributed by atoms with Crippen LogP contribution >= 0.6 is 11.6 Å². The van der Waals surface area contributed by atoms with Gasteiger partial charge in [-0.05, 0) is 25.4 Å². The van der Waals surface area contributed by atoms with Gasteiger partial charge in [0.05, 0.1) is 0 Å². The van der Waals surface area contributed by atoms with Crippen molar-refractivity contribution < 1.29 is 14.4 Å². The summed E-state index contributed by atoms with van der Waals surface area (Å²) in [5.41, 5.74) is -1.28. The van der Waals surface area contributed by atoms with Crippen molar-refractivity contribution in [2.45, 2.75) is 19.4 Å². The average Bonchev–Trinajstić information content (AvgIpc) is 2.30. The summed E-state index contributed by atoms with van der Waals surface area (Å²) < 4.78 is 0. The second-order valence-corrected chi connectivity index (χ2v) is 3.52. The van der Waals surface area contributed by atoms with Crippen LogP contribution in [-0.4, -0.2) is 27.5 Å². The topological polar surface area (TPSA) is 54.5 Å². The molecule has 0 fully saturated rings. The molecule has 0 saturated heterocycles. The first-order chi connectivity index (χ1) is 5.87. The predicted molar refractivity (Wildman–Crippen MR) is 45.9 cm³/mol. The quantitative estimate of drug-likeness (QED) is 0.482. The van der Waals surface area contributed by atoms with E-state index in [0.717, 1.165) is 17.1 Å². The van der Waals surface area contributed by atoms with Gasteiger partial charge in [-0.25, -0.2) is 0 Å². The lowest BCUT2D eigenvalue weighted by Crippen LogP contribution is -2.51. The summed E-state index contributed by atoms with van der Waals surface area (Å²) in [7, 11) is 0. The van der Waals surface area contributed by atoms with Crippen LogP contribution in [0.15, 0.2) is 12.2 Å². The van der Waals surface area contributed by atoms with Crippen LogP contribution in [0.2, 0.25) is 0 Å². The highest BCUT2D eigenvalue weighted by molar-refractivity contribution is 6.65. The molecule has 13 heavy (non-hydrogen) atoms. The number of rotatable bonds is 2. The number of amides is 2. The third kappa shape index (κ3) is 1.49. The summed E-state index contributed by atoms with van der Waals surface area (Å²) in [6, 6.07) is 0. The van der Waals surface area contributed by atoms with E-state index in [1.165, 1.54) is 13.8 Å². The van der Waals surface area contributed by atoms with Crippen LogP contribution in [0.5, 0.6) is 0 Å². The molecule has 0 aromatic carbocycles. The molecule has 0 radical (unpaired) electrons. The van der Waals surface area contributed by atoms with Crippen LogP contribution in [0.3, 0.4) is 0 Å². The van der Waals surface area contributed by atoms with Gasteiger partial charge < -0.3 is 0 Å². The molecule has 0 aromatic rings. The van der Waals surface area contributed by atoms with Gasteiger partial charge in [0.25, 0.3) is 11.8 Å². The third-order valence-electron chi connectivity index (χ3n) is 1.85. The lowest BCUT2D eigenvalue weighted by atomic mass is 10.1. The van der Waals surface area contributed by atoms with Crippen molar-refractivity contribution in [2.75, 3.05) is 0 Å². The van der Waals surface area contributed by atoms with Crippen LogP contribution in [0, 0.1) is 0 Å². The van der Waals surface area contributed by atoms with Crippen molar-refractivity contribution in [3.05, 3.63) is 12.2 Å². The van der Waals surface area contributed by atoms with Gasteiger partial charge in [0.2, 0.25) is 5.24 Å². The number of halogens is 1. The summed E-state index contributed by atoms with van der Waals surface area (Å²) >= 11 is 5.27. The van der Waals surface area contributed by atoms with E-state index in [0.29, 0.717) is 0 Å². The van der Waals surface area contributed by atoms with E-state index >= 15 is 0 Å². The van der Waals surface area contributed by atoms with Crippen molar-refractivity contribution in [2.24, 2.45) is 0 Å². The van der Waals surface area contributed by atoms with Gasteiger partial charge in [0.1, 0.15) is 5.54 Å². The highest BCUT2D eigenvalue weighted by Gasteiger charge is 2.41. The minimum atomic E-state index is -1.28. The summed E-state index contributed by atoms with van der Waals surface area (Å²) in [6.45, 7) is 2.84. The zero-order valence-corrected chi connectivity index (χ0v) is 7.96. The maximum atomic E-state index is 11.1. The summed E-state index contributed by atoms with van der Waals surface area (Å²) in [6.07, 6.45) is 2.23. The van der Waals surface area contributed by atoms with Gasteiger partial charge in [-0.3, -0.25) is 19.3 Å². The number of carbonyl (C=O) groups excluding carboxylic acids is 3. The van der Waals surface area contributed by atoms with Crippen LogP contribution in [0.1, 0.15) is 13.8 Å². The van der Waals surface area contributed by atoms with E-state index in [1.54, 1.807) is 0 Å². The summed E-state index contributed by atoms with van der Waals surface area (Å²) in [4.78, 5) is 34.1. The van der Waals surface area contributed by atoms with E-state index in [2.05, 4.69) is 0 Å². The average molecular weight is 202 g/mol. The Hall–Kier alpha value is -1.16. The van der Waals surface area contributed by atoms with Crippen molar-refractivity contribution in [3.8, 4) is 0 Å². The summed E-state index contributed by atoms with van der Waals surface area (Å²) in [5, 5.41) is -0.738. The number of nitrogens with zero attached hydrogens (tertiary/aromatic N) is 1. The first kappa shape index (κ1) is 9.92. The normalized spacial score (nSPS) is 17.0. The molecule has 1 heterocycles. The number of hydrogen-bond acceptors (Lipinski definition) is 3. The lowest BCUT2D eigenvalue weighted by Gasteiger charge is -2.29. The molecule has 5 heteroatoms. The minimum absolute atomic E-state index is 0.510. The Bertz CT molecular complexity index is 301. The molecule has 0 unspecified atom stereocenters. The van der Waals surface area contributed by atoms with Gasteiger partial charge in [0, 0.05) is 12.2 Å². The maximum Gasteiger partial charge on any atom is 0.254 e. The van der Waals surface area contributed by atoms with E-state index in [1.807, 2.05) is 0 Å². The van der Waals surface area contributed by atoms with E-state index in [9.17, 15) is 14.4 Å². The zero-order valence-electron chi connectivity index (χ0n) is 7.20. The number of hydrogen-bond donors (Lipinski definition) is 0. The van der Waals surface area contributed by atoms with Gasteiger partial charge >= 0.3 is 0 Å². The molecule has 0 spiro atoms. The number of imide groups is 1. The molecule has 0 saturated carbocycles. The molecule has 0 aromatic heterocycles. The van der Waals surface area contributed by atoms with Crippen molar-refractivity contribution in [1.82, 2.24) is 4.90 Å². The first-order valence-electron chi connectivity index (χ1n) is 3.63. The Morgan fingerprint density at radius 2 is 1.69 bits per heavy atom. The third-order valence-corrected chi connectivity index (χ3v) is 2.31. The van der Waals surface area contributed by atoms with Crippen LogP contribution in [0.4, 0.5) is 0 Å². The maximum absolute atomic E-state index is 11.1. The van der Waals surface area contributed by atoms with Gasteiger partial charge in [-0.2, -0.15) is 0 Å². The molecule has 70 valence electrons. The SMILES string of the molecule is CC(C)(C(=O)Cl)N1C(=O)C=CC1=O. The Morgan fingerprint density at radius 3 is 2.00 bits per heavy atom. The fraction of sp³-hybridized carbons (Fsp3) is 0.375. The van der Waals surface area contributed by atoms with E-state index in [4.69, 9.17) is 11.6 Å². The highest BCUT2D eigenvalue weighted by Crippen LogP contribution is 2.21. The number of carbonyl (C=O) groups is 3. The molecule has 0 N–H and O–H groups in total. The van der Waals surface area contributed by atoms with E-state index < -0.39 is 22.6 Å². The zero-order chi connectivity index (χ0) is 10.2. The van der Waals surface area contributed by atoms with Crippen LogP contribution in [0.25, 0.3) is 0 Å². The fourth-order valence-electron chi connectivity index (χ4n) is 1.04. The second kappa shape index (κ2) is 2.96. The standard InChI is InChI=1S/C8H8ClNO3/c1-8(2,7(9)13)10-5(11)3-4-6(10)12/h3-4H,1-2H3. The molecular formula is C8H8ClNO3. The van der Waals surface area contributed by atoms with Gasteiger partial charge in [-0.15, -0.1) is 0 Å². The monoisotopic (exact) mass is 201 g/mol. The molecule has 0 bridgehead atoms. The first-order valence-corrected chi connectivity index (χ1v) is 4.01. The van der Waals surface area contributed by atoms with Gasteiger partial charge in [0.15, 0.2) is 0 Å². The molecule has 4 nitrogen and oxygen atoms in total. The van der Waals surface area contributed by atoms with Crippen molar-refractivity contribution in [3.63, 3.8) is 0 Å². The smallest absolute Gasteiger partial charge is 0.254 e. The lowest BCUT2D eigenvalue weighted by molar-refractivity contribution is -0.147. The predicted octanol–water partition coefficient (Wildman–Crippen LogP) is 0.455. The molecule has 1 aliphatic rings. The molecule has 1 aliphatic heterocycles. The van der Waals surface area contributed by atoms with Crippen molar-refractivity contribution >= 4 is 28.7 Å². The van der Waals surface area contributed by atoms with Crippen LogP contribution in [-0.2, 0) is 14.4 Å². The molecule has 0 aliphatic carbocycles. The van der Waals surface area contributed by atoms with Crippen LogP contribution < -0.4 is 0 Å². The Morgan fingerprint density at radius 1 is 1.31 bits per heavy atom. The van der Waals surface area contributed by atoms with E-state index in [-0.39, 0.29) is 0 Å². The van der Waals surface area contributed by atoms with Crippen molar-refractivity contribution in [1.29, 1.82) is 0 Å². The highest BCUT2D eigenvalue weighted by atomic mass is 35.5. The Labute approximate surface area is 80.1 Å². The Balaban J connectivity index is 3.02.